The second-order valence-corrected chi connectivity index (χ2v) is 5.27. The van der Waals surface area contributed by atoms with Gasteiger partial charge in [0.15, 0.2) is 0 Å². The van der Waals surface area contributed by atoms with E-state index in [4.69, 9.17) is 4.74 Å². The quantitative estimate of drug-likeness (QED) is 0.479. The van der Waals surface area contributed by atoms with Crippen molar-refractivity contribution >= 4 is 27.6 Å². The molecule has 0 heterocycles. The molecule has 21 heavy (non-hydrogen) atoms. The van der Waals surface area contributed by atoms with E-state index in [-0.39, 0.29) is 5.69 Å². The van der Waals surface area contributed by atoms with Crippen LogP contribution in [0, 0.1) is 10.1 Å². The number of hydrogen-bond acceptors (Lipinski definition) is 4. The van der Waals surface area contributed by atoms with Crippen LogP contribution in [0.1, 0.15) is 17.0 Å². The largest absolute Gasteiger partial charge is 0.468 e. The summed E-state index contributed by atoms with van der Waals surface area (Å²) >= 11 is 3.34. The number of benzene rings is 2. The molecule has 0 bridgehead atoms. The van der Waals surface area contributed by atoms with Crippen molar-refractivity contribution in [2.45, 2.75) is 5.92 Å². The van der Waals surface area contributed by atoms with Crippen LogP contribution in [0.2, 0.25) is 0 Å². The molecule has 0 aliphatic heterocycles. The highest BCUT2D eigenvalue weighted by molar-refractivity contribution is 9.10. The predicted molar refractivity (Wildman–Crippen MR) is 81.1 cm³/mol. The van der Waals surface area contributed by atoms with E-state index in [0.717, 1.165) is 10.0 Å². The third-order valence-corrected chi connectivity index (χ3v) is 3.61. The Morgan fingerprint density at radius 1 is 1.10 bits per heavy atom. The zero-order chi connectivity index (χ0) is 15.4. The summed E-state index contributed by atoms with van der Waals surface area (Å²) in [5, 5.41) is 10.7. The van der Waals surface area contributed by atoms with E-state index in [1.54, 1.807) is 12.1 Å². The first-order chi connectivity index (χ1) is 10.0. The van der Waals surface area contributed by atoms with Gasteiger partial charge in [0.2, 0.25) is 0 Å². The summed E-state index contributed by atoms with van der Waals surface area (Å²) in [5.74, 6) is -1.02. The van der Waals surface area contributed by atoms with Crippen LogP contribution in [0.3, 0.4) is 0 Å². The summed E-state index contributed by atoms with van der Waals surface area (Å²) in [4.78, 5) is 22.3. The van der Waals surface area contributed by atoms with Gasteiger partial charge in [0, 0.05) is 16.6 Å². The van der Waals surface area contributed by atoms with E-state index >= 15 is 0 Å². The van der Waals surface area contributed by atoms with Crippen molar-refractivity contribution in [3.05, 3.63) is 74.2 Å². The van der Waals surface area contributed by atoms with Crippen LogP contribution in [0.15, 0.2) is 53.0 Å². The molecule has 0 saturated carbocycles. The van der Waals surface area contributed by atoms with Gasteiger partial charge >= 0.3 is 5.97 Å². The third kappa shape index (κ3) is 3.46. The summed E-state index contributed by atoms with van der Waals surface area (Å²) in [6.45, 7) is 0. The summed E-state index contributed by atoms with van der Waals surface area (Å²) in [5.41, 5.74) is 1.40. The molecule has 0 saturated heterocycles. The number of non-ortho nitro benzene ring substituents is 1. The lowest BCUT2D eigenvalue weighted by Gasteiger charge is -2.15. The number of nitrogens with zero attached hydrogens (tertiary/aromatic N) is 1. The molecule has 5 nitrogen and oxygen atoms in total. The van der Waals surface area contributed by atoms with Gasteiger partial charge in [-0.15, -0.1) is 0 Å². The van der Waals surface area contributed by atoms with E-state index in [1.165, 1.54) is 19.2 Å². The van der Waals surface area contributed by atoms with Gasteiger partial charge in [0.1, 0.15) is 5.92 Å². The number of esters is 1. The topological polar surface area (TPSA) is 69.4 Å². The summed E-state index contributed by atoms with van der Waals surface area (Å²) in [6.07, 6.45) is 0. The van der Waals surface area contributed by atoms with Crippen LogP contribution in [0.5, 0.6) is 0 Å². The lowest BCUT2D eigenvalue weighted by atomic mass is 9.91. The fourth-order valence-electron chi connectivity index (χ4n) is 2.03. The molecule has 2 aromatic rings. The fraction of sp³-hybridized carbons (Fsp3) is 0.133. The standard InChI is InChI=1S/C15H12BrNO4/c1-21-15(18)14(10-2-6-12(16)7-3-10)11-4-8-13(9-5-11)17(19)20/h2-9,14H,1H3. The number of nitro benzene ring substituents is 1. The van der Waals surface area contributed by atoms with Gasteiger partial charge in [0.05, 0.1) is 12.0 Å². The minimum Gasteiger partial charge on any atom is -0.468 e. The zero-order valence-electron chi connectivity index (χ0n) is 11.2. The van der Waals surface area contributed by atoms with Crippen molar-refractivity contribution in [2.75, 3.05) is 7.11 Å². The minimum atomic E-state index is -0.607. The van der Waals surface area contributed by atoms with Crippen LogP contribution in [0.25, 0.3) is 0 Å². The molecule has 0 spiro atoms. The van der Waals surface area contributed by atoms with Crippen LogP contribution >= 0.6 is 15.9 Å². The maximum Gasteiger partial charge on any atom is 0.317 e. The molecular weight excluding hydrogens is 338 g/mol. The molecule has 2 rings (SSSR count). The Morgan fingerprint density at radius 3 is 2.00 bits per heavy atom. The van der Waals surface area contributed by atoms with Gasteiger partial charge in [-0.25, -0.2) is 0 Å². The number of carbonyl (C=O) groups excluding carboxylic acids is 1. The number of halogens is 1. The Bertz CT molecular complexity index is 652. The minimum absolute atomic E-state index is 0.0156. The monoisotopic (exact) mass is 349 g/mol. The first-order valence-electron chi connectivity index (χ1n) is 6.10. The first kappa shape index (κ1) is 15.2. The lowest BCUT2D eigenvalue weighted by molar-refractivity contribution is -0.384. The molecular formula is C15H12BrNO4. The molecule has 0 N–H and O–H groups in total. The number of methoxy groups -OCH3 is 1. The lowest BCUT2D eigenvalue weighted by Crippen LogP contribution is -2.15. The first-order valence-corrected chi connectivity index (χ1v) is 6.90. The number of rotatable bonds is 4. The second kappa shape index (κ2) is 6.49. The average molecular weight is 350 g/mol. The van der Waals surface area contributed by atoms with Gasteiger partial charge in [-0.2, -0.15) is 0 Å². The number of nitro groups is 1. The predicted octanol–water partition coefficient (Wildman–Crippen LogP) is 3.66. The summed E-state index contributed by atoms with van der Waals surface area (Å²) in [6, 6.07) is 13.2. The molecule has 1 unspecified atom stereocenters. The van der Waals surface area contributed by atoms with Crippen LogP contribution in [0.4, 0.5) is 5.69 Å². The molecule has 1 atom stereocenters. The normalized spacial score (nSPS) is 11.7. The Hall–Kier alpha value is -2.21. The Morgan fingerprint density at radius 2 is 1.57 bits per heavy atom. The SMILES string of the molecule is COC(=O)C(c1ccc(Br)cc1)c1ccc([N+](=O)[O-])cc1. The molecule has 0 fully saturated rings. The van der Waals surface area contributed by atoms with Gasteiger partial charge < -0.3 is 4.74 Å². The summed E-state index contributed by atoms with van der Waals surface area (Å²) in [7, 11) is 1.32. The molecule has 0 amide bonds. The van der Waals surface area contributed by atoms with Crippen molar-refractivity contribution in [1.82, 2.24) is 0 Å². The number of ether oxygens (including phenoxy) is 1. The highest BCUT2D eigenvalue weighted by Gasteiger charge is 2.24. The molecule has 108 valence electrons. The molecule has 0 radical (unpaired) electrons. The average Bonchev–Trinajstić information content (AvgIpc) is 2.49. The maximum absolute atomic E-state index is 12.0. The van der Waals surface area contributed by atoms with Crippen molar-refractivity contribution in [2.24, 2.45) is 0 Å². The molecule has 6 heteroatoms. The molecule has 2 aromatic carbocycles. The van der Waals surface area contributed by atoms with E-state index < -0.39 is 16.8 Å². The maximum atomic E-state index is 12.0. The molecule has 0 aliphatic carbocycles. The third-order valence-electron chi connectivity index (χ3n) is 3.08. The zero-order valence-corrected chi connectivity index (χ0v) is 12.7. The number of hydrogen-bond donors (Lipinski definition) is 0. The van der Waals surface area contributed by atoms with Crippen molar-refractivity contribution in [1.29, 1.82) is 0 Å². The van der Waals surface area contributed by atoms with Crippen LogP contribution in [-0.2, 0) is 9.53 Å². The Kier molecular flexibility index (Phi) is 4.70. The van der Waals surface area contributed by atoms with Crippen LogP contribution < -0.4 is 0 Å². The highest BCUT2D eigenvalue weighted by Crippen LogP contribution is 2.28. The fourth-order valence-corrected chi connectivity index (χ4v) is 2.29. The number of carbonyl (C=O) groups is 1. The van der Waals surface area contributed by atoms with Gasteiger partial charge in [-0.3, -0.25) is 14.9 Å². The van der Waals surface area contributed by atoms with Crippen LogP contribution in [-0.4, -0.2) is 18.0 Å². The summed E-state index contributed by atoms with van der Waals surface area (Å²) < 4.78 is 5.75. The Balaban J connectivity index is 2.42. The van der Waals surface area contributed by atoms with Gasteiger partial charge in [-0.05, 0) is 23.3 Å². The molecule has 0 aliphatic rings. The van der Waals surface area contributed by atoms with Gasteiger partial charge in [0.25, 0.3) is 5.69 Å². The van der Waals surface area contributed by atoms with Gasteiger partial charge in [-0.1, -0.05) is 40.2 Å². The van der Waals surface area contributed by atoms with E-state index in [2.05, 4.69) is 15.9 Å². The molecule has 0 aromatic heterocycles. The highest BCUT2D eigenvalue weighted by atomic mass is 79.9. The van der Waals surface area contributed by atoms with E-state index in [0.29, 0.717) is 5.56 Å². The van der Waals surface area contributed by atoms with Crippen molar-refractivity contribution in [3.63, 3.8) is 0 Å². The smallest absolute Gasteiger partial charge is 0.317 e. The Labute approximate surface area is 129 Å². The van der Waals surface area contributed by atoms with E-state index in [9.17, 15) is 14.9 Å². The van der Waals surface area contributed by atoms with Crippen molar-refractivity contribution in [3.8, 4) is 0 Å². The van der Waals surface area contributed by atoms with Crippen molar-refractivity contribution < 1.29 is 14.5 Å². The van der Waals surface area contributed by atoms with E-state index in [1.807, 2.05) is 24.3 Å². The second-order valence-electron chi connectivity index (χ2n) is 4.36.